The summed E-state index contributed by atoms with van der Waals surface area (Å²) in [6.07, 6.45) is 3.33. The number of carboxylic acid groups (broad SMARTS) is 3. The molecule has 2 aromatic rings. The van der Waals surface area contributed by atoms with Crippen LogP contribution in [-0.4, -0.2) is 189 Å². The molecule has 0 atom stereocenters. The number of hydrogen-bond acceptors (Lipinski definition) is 17. The molecule has 0 saturated carbocycles. The maximum absolute atomic E-state index is 12.4. The Bertz CT molecular complexity index is 1700. The standard InChI is InChI=1S/C39H64N12O11/c1-28-46-48-37(49-47-28)30-10-9-29(23-44-30)45-32(53)8-6-7-31(52)43-16-22-62-39(4,5)12-21-61-38(2,3)11-13-42-33(54)24-40-14-17-50(26-35(57)58)19-20-51(27-36(59)60)18-15-41-25-34(55)56/h9-10,23,40-41H,6-8,11-22,24-27H2,1-5H3,(H,42,54)(H,43,52)(H,45,53)(H,55,56)(H,57,58)(H,59,60). The van der Waals surface area contributed by atoms with E-state index < -0.39 is 29.1 Å². The van der Waals surface area contributed by atoms with Crippen LogP contribution >= 0.6 is 0 Å². The van der Waals surface area contributed by atoms with Crippen molar-refractivity contribution >= 4 is 41.3 Å². The second-order valence-corrected chi connectivity index (χ2v) is 15.6. The third kappa shape index (κ3) is 25.4. The largest absolute Gasteiger partial charge is 0.480 e. The van der Waals surface area contributed by atoms with Gasteiger partial charge in [-0.15, -0.1) is 20.4 Å². The topological polar surface area (TPSA) is 313 Å². The normalized spacial score (nSPS) is 11.7. The quantitative estimate of drug-likeness (QED) is 0.0407. The van der Waals surface area contributed by atoms with Gasteiger partial charge in [-0.1, -0.05) is 0 Å². The molecule has 0 aromatic carbocycles. The lowest BCUT2D eigenvalue weighted by Gasteiger charge is -2.30. The van der Waals surface area contributed by atoms with Crippen LogP contribution in [0, 0.1) is 6.92 Å². The molecule has 0 unspecified atom stereocenters. The Morgan fingerprint density at radius 2 is 1.21 bits per heavy atom. The first-order chi connectivity index (χ1) is 29.3. The van der Waals surface area contributed by atoms with Gasteiger partial charge in [0, 0.05) is 65.2 Å². The summed E-state index contributed by atoms with van der Waals surface area (Å²) in [4.78, 5) is 77.9. The van der Waals surface area contributed by atoms with E-state index in [9.17, 15) is 39.0 Å². The molecular formula is C39H64N12O11. The summed E-state index contributed by atoms with van der Waals surface area (Å²) in [5, 5.41) is 57.0. The van der Waals surface area contributed by atoms with Crippen molar-refractivity contribution in [2.75, 3.05) is 97.1 Å². The molecule has 0 radical (unpaired) electrons. The second-order valence-electron chi connectivity index (χ2n) is 15.6. The van der Waals surface area contributed by atoms with E-state index in [4.69, 9.17) is 14.6 Å². The summed E-state index contributed by atoms with van der Waals surface area (Å²) in [7, 11) is 0. The van der Waals surface area contributed by atoms with Crippen molar-refractivity contribution in [2.45, 2.75) is 77.9 Å². The van der Waals surface area contributed by atoms with Gasteiger partial charge in [0.1, 0.15) is 5.69 Å². The van der Waals surface area contributed by atoms with E-state index >= 15 is 0 Å². The van der Waals surface area contributed by atoms with Crippen molar-refractivity contribution in [1.82, 2.24) is 56.4 Å². The number of anilines is 1. The van der Waals surface area contributed by atoms with Gasteiger partial charge < -0.3 is 51.4 Å². The Labute approximate surface area is 361 Å². The zero-order valence-electron chi connectivity index (χ0n) is 36.4. The Morgan fingerprint density at radius 1 is 0.645 bits per heavy atom. The molecule has 62 heavy (non-hydrogen) atoms. The zero-order valence-corrected chi connectivity index (χ0v) is 36.4. The number of ether oxygens (including phenoxy) is 2. The van der Waals surface area contributed by atoms with Crippen LogP contribution in [0.15, 0.2) is 18.3 Å². The molecule has 0 fully saturated rings. The summed E-state index contributed by atoms with van der Waals surface area (Å²) in [6.45, 7) is 11.7. The monoisotopic (exact) mass is 876 g/mol. The maximum atomic E-state index is 12.4. The van der Waals surface area contributed by atoms with Crippen molar-refractivity contribution in [3.8, 4) is 11.5 Å². The minimum absolute atomic E-state index is 0.0173. The molecule has 2 aromatic heterocycles. The highest BCUT2D eigenvalue weighted by Gasteiger charge is 2.23. The van der Waals surface area contributed by atoms with Crippen molar-refractivity contribution in [3.63, 3.8) is 0 Å². The minimum atomic E-state index is -1.05. The molecule has 0 aliphatic rings. The van der Waals surface area contributed by atoms with Crippen LogP contribution in [-0.2, 0) is 38.2 Å². The first-order valence-corrected chi connectivity index (χ1v) is 20.5. The number of aliphatic carboxylic acids is 3. The molecule has 2 rings (SSSR count). The fourth-order valence-electron chi connectivity index (χ4n) is 5.58. The fourth-order valence-corrected chi connectivity index (χ4v) is 5.58. The minimum Gasteiger partial charge on any atom is -0.480 e. The van der Waals surface area contributed by atoms with E-state index in [2.05, 4.69) is 52.0 Å². The molecule has 346 valence electrons. The third-order valence-electron chi connectivity index (χ3n) is 9.05. The Hall–Kier alpha value is -5.33. The number of carboxylic acids is 3. The van der Waals surface area contributed by atoms with Gasteiger partial charge in [0.15, 0.2) is 5.82 Å². The van der Waals surface area contributed by atoms with E-state index in [1.54, 1.807) is 28.9 Å². The summed E-state index contributed by atoms with van der Waals surface area (Å²) in [6, 6.07) is 3.33. The van der Waals surface area contributed by atoms with Crippen LogP contribution in [0.25, 0.3) is 11.5 Å². The van der Waals surface area contributed by atoms with Crippen LogP contribution in [0.2, 0.25) is 0 Å². The van der Waals surface area contributed by atoms with Crippen LogP contribution in [0.4, 0.5) is 5.69 Å². The van der Waals surface area contributed by atoms with Gasteiger partial charge in [-0.3, -0.25) is 43.6 Å². The number of nitrogens with one attached hydrogen (secondary N) is 5. The first kappa shape index (κ1) is 52.8. The number of amides is 3. The van der Waals surface area contributed by atoms with Crippen LogP contribution in [0.3, 0.4) is 0 Å². The van der Waals surface area contributed by atoms with Crippen LogP contribution in [0.1, 0.15) is 65.6 Å². The number of aromatic nitrogens is 5. The predicted molar refractivity (Wildman–Crippen MR) is 225 cm³/mol. The van der Waals surface area contributed by atoms with Gasteiger partial charge in [-0.05, 0) is 66.0 Å². The van der Waals surface area contributed by atoms with Crippen molar-refractivity contribution in [1.29, 1.82) is 0 Å². The van der Waals surface area contributed by atoms with Gasteiger partial charge in [0.2, 0.25) is 23.5 Å². The van der Waals surface area contributed by atoms with Gasteiger partial charge in [-0.2, -0.15) is 0 Å². The second kappa shape index (κ2) is 28.3. The molecular weight excluding hydrogens is 813 g/mol. The Morgan fingerprint density at radius 3 is 1.79 bits per heavy atom. The highest BCUT2D eigenvalue weighted by atomic mass is 16.5. The molecule has 0 spiro atoms. The maximum Gasteiger partial charge on any atom is 0.317 e. The fraction of sp³-hybridized carbons (Fsp3) is 0.667. The highest BCUT2D eigenvalue weighted by molar-refractivity contribution is 5.91. The van der Waals surface area contributed by atoms with Gasteiger partial charge in [0.05, 0.1) is 62.5 Å². The lowest BCUT2D eigenvalue weighted by Crippen LogP contribution is -2.45. The predicted octanol–water partition coefficient (Wildman–Crippen LogP) is -0.614. The molecule has 0 bridgehead atoms. The van der Waals surface area contributed by atoms with Crippen LogP contribution in [0.5, 0.6) is 0 Å². The molecule has 3 amide bonds. The Kier molecular flexibility index (Phi) is 24.1. The van der Waals surface area contributed by atoms with Crippen LogP contribution < -0.4 is 26.6 Å². The molecule has 0 aliphatic carbocycles. The highest BCUT2D eigenvalue weighted by Crippen LogP contribution is 2.19. The lowest BCUT2D eigenvalue weighted by atomic mass is 10.0. The Balaban J connectivity index is 1.56. The molecule has 0 aliphatic heterocycles. The van der Waals surface area contributed by atoms with Crippen molar-refractivity contribution < 1.29 is 53.6 Å². The SMILES string of the molecule is Cc1nnc(-c2ccc(NC(=O)CCCC(=O)NCCOC(C)(C)CCOC(C)(C)CCNC(=O)CNCCN(CCN(CCNCC(=O)O)CC(=O)O)CC(=O)O)cn2)nn1. The number of carbonyl (C=O) groups excluding carboxylic acids is 3. The average Bonchev–Trinajstić information content (AvgIpc) is 3.18. The van der Waals surface area contributed by atoms with Crippen molar-refractivity contribution in [2.24, 2.45) is 0 Å². The third-order valence-corrected chi connectivity index (χ3v) is 9.05. The molecule has 23 heteroatoms. The van der Waals surface area contributed by atoms with Gasteiger partial charge >= 0.3 is 17.9 Å². The first-order valence-electron chi connectivity index (χ1n) is 20.5. The smallest absolute Gasteiger partial charge is 0.317 e. The summed E-state index contributed by atoms with van der Waals surface area (Å²) < 4.78 is 12.1. The van der Waals surface area contributed by atoms with E-state index in [-0.39, 0.29) is 88.7 Å². The van der Waals surface area contributed by atoms with E-state index in [0.29, 0.717) is 75.9 Å². The molecule has 2 heterocycles. The number of pyridine rings is 1. The number of hydrogen-bond donors (Lipinski definition) is 8. The van der Waals surface area contributed by atoms with Crippen molar-refractivity contribution in [3.05, 3.63) is 24.2 Å². The molecule has 23 nitrogen and oxygen atoms in total. The van der Waals surface area contributed by atoms with Gasteiger partial charge in [-0.25, -0.2) is 0 Å². The zero-order chi connectivity index (χ0) is 46.0. The average molecular weight is 877 g/mol. The summed E-state index contributed by atoms with van der Waals surface area (Å²) in [5.41, 5.74) is -0.0853. The lowest BCUT2D eigenvalue weighted by molar-refractivity contribution is -0.140. The van der Waals surface area contributed by atoms with E-state index in [1.807, 2.05) is 27.7 Å². The number of aryl methyl sites for hydroxylation is 1. The molecule has 8 N–H and O–H groups in total. The summed E-state index contributed by atoms with van der Waals surface area (Å²) >= 11 is 0. The van der Waals surface area contributed by atoms with E-state index in [1.165, 1.54) is 6.20 Å². The van der Waals surface area contributed by atoms with E-state index in [0.717, 1.165) is 0 Å². The van der Waals surface area contributed by atoms with Gasteiger partial charge in [0.25, 0.3) is 0 Å². The number of nitrogens with zero attached hydrogens (tertiary/aromatic N) is 7. The summed E-state index contributed by atoms with van der Waals surface area (Å²) in [5.74, 6) is -3.06. The molecule has 0 saturated heterocycles. The number of rotatable bonds is 34. The number of carbonyl (C=O) groups is 6.